The molecule has 9 nitrogen and oxygen atoms in total. The van der Waals surface area contributed by atoms with Gasteiger partial charge in [0.05, 0.1) is 37.4 Å². The van der Waals surface area contributed by atoms with Crippen LogP contribution in [0.2, 0.25) is 5.02 Å². The number of carbonyl (C=O) groups excluding carboxylic acids is 2. The molecule has 2 heterocycles. The first-order valence-corrected chi connectivity index (χ1v) is 13.2. The highest BCUT2D eigenvalue weighted by Crippen LogP contribution is 2.35. The number of aromatic nitrogens is 2. The summed E-state index contributed by atoms with van der Waals surface area (Å²) in [5.74, 6) is 0.765. The molecule has 1 aromatic heterocycles. The van der Waals surface area contributed by atoms with Crippen LogP contribution < -0.4 is 14.8 Å². The molecule has 1 aliphatic rings. The highest BCUT2D eigenvalue weighted by atomic mass is 35.5. The normalized spacial score (nSPS) is 14.2. The average Bonchev–Trinajstić information content (AvgIpc) is 3.34. The van der Waals surface area contributed by atoms with Crippen LogP contribution in [0, 0.1) is 6.92 Å². The zero-order valence-electron chi connectivity index (χ0n) is 23.2. The second kappa shape index (κ2) is 11.6. The number of piperidine rings is 1. The molecular weight excluding hydrogens is 520 g/mol. The number of ether oxygens (including phenoxy) is 3. The van der Waals surface area contributed by atoms with Crippen molar-refractivity contribution in [3.8, 4) is 17.2 Å². The molecule has 10 heteroatoms. The molecule has 1 fully saturated rings. The number of rotatable bonds is 6. The van der Waals surface area contributed by atoms with Gasteiger partial charge in [-0.05, 0) is 70.4 Å². The maximum Gasteiger partial charge on any atom is 0.410 e. The Balaban J connectivity index is 1.66. The number of nitrogens with one attached hydrogen (secondary N) is 1. The molecular formula is C29H35ClN4O5. The summed E-state index contributed by atoms with van der Waals surface area (Å²) in [6.07, 6.45) is 2.57. The highest BCUT2D eigenvalue weighted by Gasteiger charge is 2.32. The summed E-state index contributed by atoms with van der Waals surface area (Å²) in [4.78, 5) is 28.0. The topological polar surface area (TPSA) is 94.9 Å². The summed E-state index contributed by atoms with van der Waals surface area (Å²) < 4.78 is 18.1. The Bertz CT molecular complexity index is 1360. The number of amides is 2. The molecule has 0 aliphatic carbocycles. The van der Waals surface area contributed by atoms with E-state index in [-0.39, 0.29) is 17.9 Å². The number of hydrogen-bond donors (Lipinski definition) is 1. The molecule has 0 atom stereocenters. The van der Waals surface area contributed by atoms with E-state index in [1.807, 2.05) is 45.9 Å². The molecule has 1 saturated heterocycles. The number of anilines is 1. The van der Waals surface area contributed by atoms with Gasteiger partial charge in [-0.25, -0.2) is 9.48 Å². The fourth-order valence-electron chi connectivity index (χ4n) is 4.72. The van der Waals surface area contributed by atoms with Crippen LogP contribution in [-0.2, 0) is 4.74 Å². The van der Waals surface area contributed by atoms with Crippen molar-refractivity contribution in [2.75, 3.05) is 32.6 Å². The van der Waals surface area contributed by atoms with E-state index in [2.05, 4.69) is 10.4 Å². The Hall–Kier alpha value is -3.72. The number of carbonyl (C=O) groups is 2. The first-order chi connectivity index (χ1) is 18.5. The van der Waals surface area contributed by atoms with Crippen molar-refractivity contribution in [3.63, 3.8) is 0 Å². The third-order valence-corrected chi connectivity index (χ3v) is 7.10. The van der Waals surface area contributed by atoms with Crippen molar-refractivity contribution in [2.45, 2.75) is 52.1 Å². The molecule has 0 spiro atoms. The lowest BCUT2D eigenvalue weighted by Crippen LogP contribution is -2.41. The van der Waals surface area contributed by atoms with Crippen LogP contribution in [0.4, 0.5) is 10.5 Å². The third-order valence-electron chi connectivity index (χ3n) is 6.69. The number of benzene rings is 2. The Labute approximate surface area is 234 Å². The van der Waals surface area contributed by atoms with Gasteiger partial charge in [-0.1, -0.05) is 17.7 Å². The molecule has 2 aromatic carbocycles. The predicted octanol–water partition coefficient (Wildman–Crippen LogP) is 6.22. The fraction of sp³-hybridized carbons (Fsp3) is 0.414. The monoisotopic (exact) mass is 554 g/mol. The Morgan fingerprint density at radius 1 is 1.05 bits per heavy atom. The summed E-state index contributed by atoms with van der Waals surface area (Å²) in [6, 6.07) is 10.8. The molecule has 0 radical (unpaired) electrons. The summed E-state index contributed by atoms with van der Waals surface area (Å²) in [7, 11) is 3.10. The van der Waals surface area contributed by atoms with Gasteiger partial charge >= 0.3 is 6.09 Å². The zero-order chi connectivity index (χ0) is 28.3. The lowest BCUT2D eigenvalue weighted by molar-refractivity contribution is 0.0203. The van der Waals surface area contributed by atoms with Crippen LogP contribution in [0.3, 0.4) is 0 Å². The quantitative estimate of drug-likeness (QED) is 0.389. The van der Waals surface area contributed by atoms with Crippen molar-refractivity contribution in [1.82, 2.24) is 14.7 Å². The molecule has 0 saturated carbocycles. The van der Waals surface area contributed by atoms with Crippen LogP contribution in [-0.4, -0.2) is 59.6 Å². The Morgan fingerprint density at radius 2 is 1.74 bits per heavy atom. The summed E-state index contributed by atoms with van der Waals surface area (Å²) in [5, 5.41) is 8.22. The second-order valence-electron chi connectivity index (χ2n) is 10.5. The number of methoxy groups -OCH3 is 2. The minimum atomic E-state index is -0.563. The second-order valence-corrected chi connectivity index (χ2v) is 10.9. The SMILES string of the molecule is COc1ccc(NC(=O)c2cnn(-c3cccc(Cl)c3C)c2C2CCN(C(=O)OC(C)(C)C)CC2)cc1OC. The molecule has 208 valence electrons. The standard InChI is InChI=1S/C29H35ClN4O5/c1-18-22(30)8-7-9-23(18)34-26(19-12-14-33(15-13-19)28(36)39-29(2,3)4)21(17-31-34)27(35)32-20-10-11-24(37-5)25(16-20)38-6/h7-11,16-17,19H,12-15H2,1-6H3,(H,32,35). The highest BCUT2D eigenvalue weighted by molar-refractivity contribution is 6.31. The lowest BCUT2D eigenvalue weighted by atomic mass is 9.90. The maximum atomic E-state index is 13.6. The van der Waals surface area contributed by atoms with Gasteiger partial charge in [-0.3, -0.25) is 4.79 Å². The van der Waals surface area contributed by atoms with Crippen molar-refractivity contribution >= 4 is 29.3 Å². The van der Waals surface area contributed by atoms with E-state index >= 15 is 0 Å². The Kier molecular flexibility index (Phi) is 8.39. The van der Waals surface area contributed by atoms with Gasteiger partial charge in [0.1, 0.15) is 5.60 Å². The van der Waals surface area contributed by atoms with Gasteiger partial charge in [0.15, 0.2) is 11.5 Å². The van der Waals surface area contributed by atoms with E-state index < -0.39 is 5.60 Å². The summed E-state index contributed by atoms with van der Waals surface area (Å²) >= 11 is 6.44. The van der Waals surface area contributed by atoms with E-state index in [0.29, 0.717) is 53.7 Å². The maximum absolute atomic E-state index is 13.6. The van der Waals surface area contributed by atoms with Crippen LogP contribution in [0.5, 0.6) is 11.5 Å². The van der Waals surface area contributed by atoms with Gasteiger partial charge in [-0.15, -0.1) is 0 Å². The predicted molar refractivity (Wildman–Crippen MR) is 151 cm³/mol. The van der Waals surface area contributed by atoms with Crippen LogP contribution in [0.15, 0.2) is 42.6 Å². The van der Waals surface area contributed by atoms with E-state index in [1.54, 1.807) is 48.2 Å². The summed E-state index contributed by atoms with van der Waals surface area (Å²) in [6.45, 7) is 8.51. The Morgan fingerprint density at radius 3 is 2.38 bits per heavy atom. The largest absolute Gasteiger partial charge is 0.493 e. The fourth-order valence-corrected chi connectivity index (χ4v) is 4.89. The average molecular weight is 555 g/mol. The molecule has 3 aromatic rings. The molecule has 1 N–H and O–H groups in total. The van der Waals surface area contributed by atoms with Gasteiger partial charge < -0.3 is 24.4 Å². The number of nitrogens with zero attached hydrogens (tertiary/aromatic N) is 3. The van der Waals surface area contributed by atoms with E-state index in [4.69, 9.17) is 25.8 Å². The van der Waals surface area contributed by atoms with Crippen molar-refractivity contribution in [2.24, 2.45) is 0 Å². The van der Waals surface area contributed by atoms with Crippen LogP contribution in [0.25, 0.3) is 5.69 Å². The van der Waals surface area contributed by atoms with Gasteiger partial charge in [-0.2, -0.15) is 5.10 Å². The van der Waals surface area contributed by atoms with E-state index in [1.165, 1.54) is 0 Å². The lowest BCUT2D eigenvalue weighted by Gasteiger charge is -2.34. The minimum Gasteiger partial charge on any atom is -0.493 e. The van der Waals surface area contributed by atoms with E-state index in [9.17, 15) is 9.59 Å². The van der Waals surface area contributed by atoms with Gasteiger partial charge in [0.2, 0.25) is 0 Å². The zero-order valence-corrected chi connectivity index (χ0v) is 24.0. The smallest absolute Gasteiger partial charge is 0.410 e. The van der Waals surface area contributed by atoms with Crippen LogP contribution >= 0.6 is 11.6 Å². The third kappa shape index (κ3) is 6.30. The first kappa shape index (κ1) is 28.3. The number of hydrogen-bond acceptors (Lipinski definition) is 6. The van der Waals surface area contributed by atoms with Gasteiger partial charge in [0.25, 0.3) is 5.91 Å². The van der Waals surface area contributed by atoms with E-state index in [0.717, 1.165) is 16.9 Å². The molecule has 4 rings (SSSR count). The van der Waals surface area contributed by atoms with Gasteiger partial charge in [0, 0.05) is 35.8 Å². The molecule has 0 bridgehead atoms. The molecule has 1 aliphatic heterocycles. The first-order valence-electron chi connectivity index (χ1n) is 12.9. The molecule has 2 amide bonds. The minimum absolute atomic E-state index is 0.0179. The molecule has 39 heavy (non-hydrogen) atoms. The van der Waals surface area contributed by atoms with Crippen molar-refractivity contribution in [3.05, 3.63) is 64.4 Å². The van der Waals surface area contributed by atoms with Crippen molar-refractivity contribution < 1.29 is 23.8 Å². The van der Waals surface area contributed by atoms with Crippen LogP contribution in [0.1, 0.15) is 61.1 Å². The number of halogens is 1. The van der Waals surface area contributed by atoms with Crippen molar-refractivity contribution in [1.29, 1.82) is 0 Å². The molecule has 0 unspecified atom stereocenters. The summed E-state index contributed by atoms with van der Waals surface area (Å²) in [5.41, 5.74) is 2.90. The number of likely N-dealkylation sites (tertiary alicyclic amines) is 1.